The summed E-state index contributed by atoms with van der Waals surface area (Å²) in [5.41, 5.74) is -1.88. The fourth-order valence-corrected chi connectivity index (χ4v) is 8.85. The Morgan fingerprint density at radius 1 is 0.935 bits per heavy atom. The number of ketones is 2. The van der Waals surface area contributed by atoms with Gasteiger partial charge in [0.15, 0.2) is 15.6 Å². The standard InChI is InChI=1S/C34H58N4O7S/c1-11-12-16-23(26(40)21(2)39)35-28(41)25-24-22(33(24,9)10)19-38(25)29(42)27(31(3,4)5)36-30(43)37-34(17-14-13-15-18-34)20-46(44,45)32(6,7)8/h22-25,27H,11-20H2,1-10H3,(H,35,41)(H2,36,37,43)/t22?,23?,24?,25-,27+/m0/s1. The van der Waals surface area contributed by atoms with Crippen molar-refractivity contribution in [3.8, 4) is 0 Å². The van der Waals surface area contributed by atoms with Crippen molar-refractivity contribution in [2.24, 2.45) is 22.7 Å². The summed E-state index contributed by atoms with van der Waals surface area (Å²) in [5, 5.41) is 8.67. The van der Waals surface area contributed by atoms with Gasteiger partial charge in [0.05, 0.1) is 22.1 Å². The molecule has 46 heavy (non-hydrogen) atoms. The lowest BCUT2D eigenvalue weighted by Gasteiger charge is -2.41. The number of nitrogens with one attached hydrogen (secondary N) is 3. The molecule has 3 fully saturated rings. The molecular weight excluding hydrogens is 608 g/mol. The summed E-state index contributed by atoms with van der Waals surface area (Å²) in [4.78, 5) is 68.0. The Balaban J connectivity index is 1.86. The van der Waals surface area contributed by atoms with Crippen LogP contribution in [0.1, 0.15) is 121 Å². The molecular formula is C34H58N4O7S. The molecule has 2 saturated carbocycles. The van der Waals surface area contributed by atoms with E-state index in [0.717, 1.165) is 25.7 Å². The summed E-state index contributed by atoms with van der Waals surface area (Å²) >= 11 is 0. The number of hydrogen-bond donors (Lipinski definition) is 3. The normalized spacial score (nSPS) is 25.1. The first kappa shape index (κ1) is 38.0. The second-order valence-corrected chi connectivity index (χ2v) is 19.4. The molecule has 3 N–H and O–H groups in total. The van der Waals surface area contributed by atoms with Crippen LogP contribution in [0.2, 0.25) is 0 Å². The molecule has 5 atom stereocenters. The fraction of sp³-hybridized carbons (Fsp3) is 0.853. The average Bonchev–Trinajstić information content (AvgIpc) is 3.24. The molecule has 4 amide bonds. The van der Waals surface area contributed by atoms with Crippen LogP contribution in [0.5, 0.6) is 0 Å². The summed E-state index contributed by atoms with van der Waals surface area (Å²) < 4.78 is 25.5. The highest BCUT2D eigenvalue weighted by Gasteiger charge is 2.70. The fourth-order valence-electron chi connectivity index (χ4n) is 7.33. The first-order chi connectivity index (χ1) is 21.0. The van der Waals surface area contributed by atoms with Crippen molar-refractivity contribution in [1.82, 2.24) is 20.9 Å². The smallest absolute Gasteiger partial charge is 0.315 e. The van der Waals surface area contributed by atoms with E-state index in [4.69, 9.17) is 0 Å². The third-order valence-corrected chi connectivity index (χ3v) is 13.4. The molecule has 262 valence electrons. The third kappa shape index (κ3) is 8.13. The van der Waals surface area contributed by atoms with Crippen LogP contribution in [-0.4, -0.2) is 83.4 Å². The number of carbonyl (C=O) groups is 5. The maximum atomic E-state index is 14.3. The molecule has 0 spiro atoms. The number of urea groups is 1. The highest BCUT2D eigenvalue weighted by Crippen LogP contribution is 2.65. The van der Waals surface area contributed by atoms with E-state index < -0.39 is 73.1 Å². The zero-order valence-electron chi connectivity index (χ0n) is 29.7. The number of nitrogens with zero attached hydrogens (tertiary/aromatic N) is 1. The van der Waals surface area contributed by atoms with Gasteiger partial charge in [-0.25, -0.2) is 13.2 Å². The number of sulfone groups is 1. The maximum Gasteiger partial charge on any atom is 0.315 e. The third-order valence-electron chi connectivity index (χ3n) is 10.6. The highest BCUT2D eigenvalue weighted by molar-refractivity contribution is 7.92. The van der Waals surface area contributed by atoms with Crippen molar-refractivity contribution in [2.45, 2.75) is 149 Å². The van der Waals surface area contributed by atoms with Crippen LogP contribution in [0.15, 0.2) is 0 Å². The number of carbonyl (C=O) groups excluding carboxylic acids is 5. The van der Waals surface area contributed by atoms with Gasteiger partial charge in [-0.05, 0) is 62.7 Å². The second-order valence-electron chi connectivity index (χ2n) is 16.6. The molecule has 1 aliphatic heterocycles. The van der Waals surface area contributed by atoms with Crippen molar-refractivity contribution >= 4 is 39.2 Å². The van der Waals surface area contributed by atoms with Gasteiger partial charge in [0.2, 0.25) is 17.6 Å². The quantitative estimate of drug-likeness (QED) is 0.266. The number of hydrogen-bond acceptors (Lipinski definition) is 7. The molecule has 11 nitrogen and oxygen atoms in total. The van der Waals surface area contributed by atoms with E-state index in [-0.39, 0.29) is 23.0 Å². The number of unbranched alkanes of at least 4 members (excludes halogenated alkanes) is 1. The largest absolute Gasteiger partial charge is 0.344 e. The molecule has 0 aromatic carbocycles. The monoisotopic (exact) mass is 666 g/mol. The van der Waals surface area contributed by atoms with E-state index in [9.17, 15) is 32.4 Å². The van der Waals surface area contributed by atoms with Crippen LogP contribution >= 0.6 is 0 Å². The number of Topliss-reactive ketones (excluding diaryl/α,β-unsaturated/α-hetero) is 2. The SMILES string of the molecule is CCCCC(NC(=O)[C@@H]1C2C(CN1C(=O)[C@@H](NC(=O)NC1(CS(=O)(=O)C(C)(C)C)CCCCC1)C(C)(C)C)C2(C)C)C(=O)C(C)=O. The molecule has 0 radical (unpaired) electrons. The minimum Gasteiger partial charge on any atom is -0.344 e. The van der Waals surface area contributed by atoms with E-state index in [2.05, 4.69) is 29.8 Å². The summed E-state index contributed by atoms with van der Waals surface area (Å²) in [7, 11) is -3.55. The highest BCUT2D eigenvalue weighted by atomic mass is 32.2. The van der Waals surface area contributed by atoms with Gasteiger partial charge in [-0.2, -0.15) is 0 Å². The van der Waals surface area contributed by atoms with E-state index in [0.29, 0.717) is 32.2 Å². The zero-order chi connectivity index (χ0) is 35.0. The van der Waals surface area contributed by atoms with Gasteiger partial charge < -0.3 is 20.9 Å². The summed E-state index contributed by atoms with van der Waals surface area (Å²) in [5.74, 6) is -2.39. The van der Waals surface area contributed by atoms with Crippen LogP contribution in [0, 0.1) is 22.7 Å². The van der Waals surface area contributed by atoms with Crippen LogP contribution in [0.3, 0.4) is 0 Å². The molecule has 1 saturated heterocycles. The van der Waals surface area contributed by atoms with E-state index in [1.54, 1.807) is 20.8 Å². The lowest BCUT2D eigenvalue weighted by atomic mass is 9.83. The van der Waals surface area contributed by atoms with Gasteiger partial charge in [0.1, 0.15) is 12.1 Å². The summed E-state index contributed by atoms with van der Waals surface area (Å²) in [6.45, 7) is 18.1. The van der Waals surface area contributed by atoms with Crippen molar-refractivity contribution in [3.63, 3.8) is 0 Å². The first-order valence-electron chi connectivity index (χ1n) is 17.0. The van der Waals surface area contributed by atoms with E-state index >= 15 is 0 Å². The summed E-state index contributed by atoms with van der Waals surface area (Å²) in [6.07, 6.45) is 5.35. The maximum absolute atomic E-state index is 14.3. The van der Waals surface area contributed by atoms with E-state index in [1.165, 1.54) is 11.8 Å². The van der Waals surface area contributed by atoms with Gasteiger partial charge in [-0.3, -0.25) is 19.2 Å². The lowest BCUT2D eigenvalue weighted by molar-refractivity contribution is -0.145. The van der Waals surface area contributed by atoms with Crippen molar-refractivity contribution in [2.75, 3.05) is 12.3 Å². The van der Waals surface area contributed by atoms with Gasteiger partial charge in [0, 0.05) is 13.5 Å². The molecule has 0 aromatic rings. The zero-order valence-corrected chi connectivity index (χ0v) is 30.5. The molecule has 12 heteroatoms. The van der Waals surface area contributed by atoms with Crippen molar-refractivity contribution in [1.29, 1.82) is 0 Å². The minimum absolute atomic E-state index is 0.0763. The van der Waals surface area contributed by atoms with Crippen molar-refractivity contribution in [3.05, 3.63) is 0 Å². The Labute approximate surface area is 276 Å². The Morgan fingerprint density at radius 3 is 2.02 bits per heavy atom. The number of fused-ring (bicyclic) bond motifs is 1. The number of likely N-dealkylation sites (tertiary alicyclic amines) is 1. The van der Waals surface area contributed by atoms with Crippen molar-refractivity contribution < 1.29 is 32.4 Å². The van der Waals surface area contributed by atoms with Crippen LogP contribution < -0.4 is 16.0 Å². The molecule has 0 aromatic heterocycles. The Kier molecular flexibility index (Phi) is 11.2. The van der Waals surface area contributed by atoms with Gasteiger partial charge in [0.25, 0.3) is 0 Å². The van der Waals surface area contributed by atoms with Gasteiger partial charge in [-0.15, -0.1) is 0 Å². The Hall–Kier alpha value is -2.50. The number of rotatable bonds is 12. The van der Waals surface area contributed by atoms with Gasteiger partial charge in [-0.1, -0.05) is 73.6 Å². The Bertz CT molecular complexity index is 1310. The first-order valence-corrected chi connectivity index (χ1v) is 18.6. The number of amides is 4. The predicted octanol–water partition coefficient (Wildman–Crippen LogP) is 3.93. The topological polar surface area (TPSA) is 159 Å². The minimum atomic E-state index is -3.55. The molecule has 3 aliphatic rings. The summed E-state index contributed by atoms with van der Waals surface area (Å²) in [6, 6.07) is -3.44. The molecule has 1 heterocycles. The van der Waals surface area contributed by atoms with Crippen LogP contribution in [0.25, 0.3) is 0 Å². The molecule has 2 aliphatic carbocycles. The average molecular weight is 667 g/mol. The van der Waals surface area contributed by atoms with Crippen LogP contribution in [-0.2, 0) is 29.0 Å². The lowest BCUT2D eigenvalue weighted by Crippen LogP contribution is -2.64. The predicted molar refractivity (Wildman–Crippen MR) is 178 cm³/mol. The molecule has 3 rings (SSSR count). The van der Waals surface area contributed by atoms with E-state index in [1.807, 2.05) is 27.7 Å². The molecule has 0 bridgehead atoms. The van der Waals surface area contributed by atoms with Gasteiger partial charge >= 0.3 is 6.03 Å². The van der Waals surface area contributed by atoms with Crippen LogP contribution in [0.4, 0.5) is 4.79 Å². The second kappa shape index (κ2) is 13.5. The Morgan fingerprint density at radius 2 is 1.52 bits per heavy atom. The number of piperidine rings is 1. The molecule has 3 unspecified atom stereocenters.